The van der Waals surface area contributed by atoms with Gasteiger partial charge in [0.15, 0.2) is 0 Å². The van der Waals surface area contributed by atoms with E-state index in [0.717, 1.165) is 50.8 Å². The fraction of sp³-hybridized carbons (Fsp3) is 0.325. The number of hydrogen-bond donors (Lipinski definition) is 4. The quantitative estimate of drug-likeness (QED) is 0.0941. The molecule has 6 rings (SSSR count). The van der Waals surface area contributed by atoms with Crippen molar-refractivity contribution in [1.82, 2.24) is 25.5 Å². The van der Waals surface area contributed by atoms with Gasteiger partial charge in [0, 0.05) is 79.0 Å². The summed E-state index contributed by atoms with van der Waals surface area (Å²) < 4.78 is 19.4. The molecule has 1 amide bonds. The number of ether oxygens (including phenoxy) is 3. The van der Waals surface area contributed by atoms with Crippen LogP contribution < -0.4 is 30.2 Å². The van der Waals surface area contributed by atoms with Gasteiger partial charge in [-0.1, -0.05) is 48.0 Å². The van der Waals surface area contributed by atoms with Crippen LogP contribution in [0.3, 0.4) is 0 Å². The number of methoxy groups -OCH3 is 3. The maximum absolute atomic E-state index is 11.6. The predicted molar refractivity (Wildman–Crippen MR) is 203 cm³/mol. The van der Waals surface area contributed by atoms with Gasteiger partial charge in [-0.3, -0.25) is 9.59 Å². The summed E-state index contributed by atoms with van der Waals surface area (Å²) in [5, 5.41) is 20.7. The van der Waals surface area contributed by atoms with Crippen molar-refractivity contribution in [3.63, 3.8) is 0 Å². The first-order chi connectivity index (χ1) is 25.0. The van der Waals surface area contributed by atoms with Crippen molar-refractivity contribution in [3.05, 3.63) is 89.1 Å². The SMILES string of the molecule is COc1cc(-n2ccc3c(-c4cccc(-c5ccc(CNC[C@@H]6CCC(=O)N6)c(OC)n5)c4Cl)cccc32)cc(OC)c1CNCC(C)(C)C(=O)O. The fourth-order valence-corrected chi connectivity index (χ4v) is 6.89. The molecule has 1 saturated heterocycles. The highest BCUT2D eigenvalue weighted by Crippen LogP contribution is 2.41. The first-order valence-electron chi connectivity index (χ1n) is 17.2. The average Bonchev–Trinajstić information content (AvgIpc) is 3.77. The Morgan fingerprint density at radius 2 is 1.67 bits per heavy atom. The largest absolute Gasteiger partial charge is 0.496 e. The van der Waals surface area contributed by atoms with Gasteiger partial charge in [-0.2, -0.15) is 0 Å². The zero-order chi connectivity index (χ0) is 37.0. The molecule has 1 fully saturated rings. The smallest absolute Gasteiger partial charge is 0.310 e. The molecular weight excluding hydrogens is 682 g/mol. The second-order valence-electron chi connectivity index (χ2n) is 13.5. The Hall–Kier alpha value is -5.10. The normalized spacial score (nSPS) is 14.4. The van der Waals surface area contributed by atoms with Crippen LogP contribution in [0, 0.1) is 5.41 Å². The number of carboxylic acid groups (broad SMARTS) is 1. The zero-order valence-corrected chi connectivity index (χ0v) is 30.8. The molecule has 1 atom stereocenters. The second kappa shape index (κ2) is 15.6. The third-order valence-corrected chi connectivity index (χ3v) is 9.95. The number of carbonyl (C=O) groups is 2. The van der Waals surface area contributed by atoms with Gasteiger partial charge < -0.3 is 39.8 Å². The van der Waals surface area contributed by atoms with E-state index in [1.807, 2.05) is 54.7 Å². The Bertz CT molecular complexity index is 2090. The fourth-order valence-electron chi connectivity index (χ4n) is 6.57. The van der Waals surface area contributed by atoms with Crippen molar-refractivity contribution >= 4 is 34.4 Å². The number of hydrogen-bond acceptors (Lipinski definition) is 8. The van der Waals surface area contributed by atoms with Gasteiger partial charge in [0.2, 0.25) is 11.8 Å². The van der Waals surface area contributed by atoms with E-state index in [1.165, 1.54) is 0 Å². The summed E-state index contributed by atoms with van der Waals surface area (Å²) in [4.78, 5) is 28.0. The number of pyridine rings is 1. The Morgan fingerprint density at radius 1 is 0.962 bits per heavy atom. The summed E-state index contributed by atoms with van der Waals surface area (Å²) >= 11 is 7.18. The van der Waals surface area contributed by atoms with Crippen LogP contribution >= 0.6 is 11.6 Å². The standard InChI is InChI=1S/C40H44ClN5O6/c1-40(2,39(48)49)23-43-22-31-34(50-3)18-26(19-35(31)51-4)46-17-16-28-27(8-7-11-33(28)46)29-9-6-10-30(37(29)41)32-14-12-24(38(45-32)52-5)20-42-21-25-13-15-36(47)44-25/h6-12,14,16-19,25,42-43H,13,15,20-23H2,1-5H3,(H,44,47)(H,48,49)/t25-/m0/s1. The van der Waals surface area contributed by atoms with Gasteiger partial charge in [-0.05, 0) is 44.0 Å². The van der Waals surface area contributed by atoms with E-state index >= 15 is 0 Å². The summed E-state index contributed by atoms with van der Waals surface area (Å²) in [6, 6.07) is 22.1. The highest BCUT2D eigenvalue weighted by atomic mass is 35.5. The summed E-state index contributed by atoms with van der Waals surface area (Å²) in [7, 11) is 4.82. The number of carboxylic acids is 1. The van der Waals surface area contributed by atoms with Crippen molar-refractivity contribution in [3.8, 4) is 45.5 Å². The number of fused-ring (bicyclic) bond motifs is 1. The third-order valence-electron chi connectivity index (χ3n) is 9.54. The Kier molecular flexibility index (Phi) is 11.0. The molecule has 52 heavy (non-hydrogen) atoms. The lowest BCUT2D eigenvalue weighted by Crippen LogP contribution is -2.35. The van der Waals surface area contributed by atoms with Crippen LogP contribution in [0.5, 0.6) is 17.4 Å². The lowest BCUT2D eigenvalue weighted by atomic mass is 9.94. The van der Waals surface area contributed by atoms with Gasteiger partial charge in [0.1, 0.15) is 11.5 Å². The average molecular weight is 726 g/mol. The molecule has 0 bridgehead atoms. The molecule has 1 aliphatic heterocycles. The number of aromatic nitrogens is 2. The van der Waals surface area contributed by atoms with E-state index in [2.05, 4.69) is 38.7 Å². The lowest BCUT2D eigenvalue weighted by molar-refractivity contribution is -0.146. The molecule has 3 aromatic carbocycles. The summed E-state index contributed by atoms with van der Waals surface area (Å²) in [5.41, 5.74) is 5.91. The molecule has 0 spiro atoms. The molecule has 4 N–H and O–H groups in total. The molecule has 1 aliphatic rings. The summed E-state index contributed by atoms with van der Waals surface area (Å²) in [6.45, 7) is 5.25. The molecule has 0 radical (unpaired) electrons. The molecular formula is C40H44ClN5O6. The zero-order valence-electron chi connectivity index (χ0n) is 30.0. The molecule has 0 unspecified atom stereocenters. The van der Waals surface area contributed by atoms with E-state index in [1.54, 1.807) is 35.2 Å². The van der Waals surface area contributed by atoms with Crippen LogP contribution in [0.4, 0.5) is 0 Å². The van der Waals surface area contributed by atoms with E-state index in [0.29, 0.717) is 54.2 Å². The molecule has 11 nitrogen and oxygen atoms in total. The Labute approximate surface area is 308 Å². The molecule has 0 aliphatic carbocycles. The number of nitrogens with zero attached hydrogens (tertiary/aromatic N) is 2. The summed E-state index contributed by atoms with van der Waals surface area (Å²) in [5.74, 6) is 0.982. The van der Waals surface area contributed by atoms with Crippen molar-refractivity contribution in [1.29, 1.82) is 0 Å². The minimum absolute atomic E-state index is 0.0981. The minimum Gasteiger partial charge on any atom is -0.496 e. The van der Waals surface area contributed by atoms with Crippen molar-refractivity contribution in [2.24, 2.45) is 5.41 Å². The van der Waals surface area contributed by atoms with Gasteiger partial charge in [0.05, 0.1) is 54.2 Å². The number of aliphatic carboxylic acids is 1. The third kappa shape index (κ3) is 7.57. The molecule has 0 saturated carbocycles. The van der Waals surface area contributed by atoms with Crippen LogP contribution in [0.2, 0.25) is 5.02 Å². The van der Waals surface area contributed by atoms with Gasteiger partial charge in [0.25, 0.3) is 0 Å². The number of carbonyl (C=O) groups excluding carboxylic acids is 1. The van der Waals surface area contributed by atoms with E-state index in [-0.39, 0.29) is 18.5 Å². The maximum Gasteiger partial charge on any atom is 0.310 e. The van der Waals surface area contributed by atoms with Crippen LogP contribution in [-0.4, -0.2) is 67.0 Å². The Morgan fingerprint density at radius 3 is 2.35 bits per heavy atom. The molecule has 2 aromatic heterocycles. The number of amides is 1. The van der Waals surface area contributed by atoms with Crippen LogP contribution in [0.1, 0.15) is 37.8 Å². The second-order valence-corrected chi connectivity index (χ2v) is 13.9. The van der Waals surface area contributed by atoms with Gasteiger partial charge in [-0.15, -0.1) is 0 Å². The van der Waals surface area contributed by atoms with Crippen LogP contribution in [0.15, 0.2) is 72.9 Å². The molecule has 272 valence electrons. The van der Waals surface area contributed by atoms with Crippen LogP contribution in [-0.2, 0) is 22.7 Å². The monoisotopic (exact) mass is 725 g/mol. The lowest BCUT2D eigenvalue weighted by Gasteiger charge is -2.21. The van der Waals surface area contributed by atoms with Crippen molar-refractivity contribution in [2.45, 2.75) is 45.8 Å². The number of benzene rings is 3. The highest BCUT2D eigenvalue weighted by molar-refractivity contribution is 6.36. The van der Waals surface area contributed by atoms with Crippen molar-refractivity contribution in [2.75, 3.05) is 34.4 Å². The van der Waals surface area contributed by atoms with Crippen LogP contribution in [0.25, 0.3) is 39.0 Å². The molecule has 5 aromatic rings. The number of halogens is 1. The van der Waals surface area contributed by atoms with E-state index in [4.69, 9.17) is 30.8 Å². The van der Waals surface area contributed by atoms with E-state index in [9.17, 15) is 14.7 Å². The van der Waals surface area contributed by atoms with Gasteiger partial charge >= 0.3 is 5.97 Å². The van der Waals surface area contributed by atoms with E-state index < -0.39 is 11.4 Å². The molecule has 12 heteroatoms. The first kappa shape index (κ1) is 36.7. The number of rotatable bonds is 15. The Balaban J connectivity index is 1.28. The summed E-state index contributed by atoms with van der Waals surface area (Å²) in [6.07, 6.45) is 3.41. The first-order valence-corrected chi connectivity index (χ1v) is 17.5. The highest BCUT2D eigenvalue weighted by Gasteiger charge is 2.27. The maximum atomic E-state index is 11.6. The predicted octanol–water partition coefficient (Wildman–Crippen LogP) is 6.61. The topological polar surface area (TPSA) is 136 Å². The minimum atomic E-state index is -0.923. The molecule has 3 heterocycles. The van der Waals surface area contributed by atoms with Gasteiger partial charge in [-0.25, -0.2) is 4.98 Å². The van der Waals surface area contributed by atoms with Crippen molar-refractivity contribution < 1.29 is 28.9 Å². The number of nitrogens with one attached hydrogen (secondary N) is 3.